The monoisotopic (exact) mass is 433 g/mol. The van der Waals surface area contributed by atoms with Crippen molar-refractivity contribution in [2.24, 2.45) is 0 Å². The van der Waals surface area contributed by atoms with Gasteiger partial charge in [-0.15, -0.1) is 0 Å². The zero-order chi connectivity index (χ0) is 23.4. The van der Waals surface area contributed by atoms with Crippen LogP contribution in [0.1, 0.15) is 30.5 Å². The molecule has 4 aromatic carbocycles. The van der Waals surface area contributed by atoms with Crippen LogP contribution in [-0.2, 0) is 12.0 Å². The molecule has 0 atom stereocenters. The third-order valence-electron chi connectivity index (χ3n) is 6.77. The van der Waals surface area contributed by atoms with Crippen LogP contribution in [-0.4, -0.2) is 39.4 Å². The van der Waals surface area contributed by atoms with Crippen LogP contribution in [0, 0.1) is 6.92 Å². The van der Waals surface area contributed by atoms with Gasteiger partial charge in [0.25, 0.3) is 0 Å². The summed E-state index contributed by atoms with van der Waals surface area (Å²) in [7, 11) is 3.47. The van der Waals surface area contributed by atoms with Gasteiger partial charge < -0.3 is 25.3 Å². The smallest absolute Gasteiger partial charge is 0.198 e. The summed E-state index contributed by atoms with van der Waals surface area (Å²) in [6.07, 6.45) is 0. The zero-order valence-corrected chi connectivity index (χ0v) is 18.4. The summed E-state index contributed by atoms with van der Waals surface area (Å²) in [4.78, 5) is 28.2. The molecule has 0 fully saturated rings. The van der Waals surface area contributed by atoms with Crippen LogP contribution in [0.15, 0.2) is 21.7 Å². The first-order valence-electron chi connectivity index (χ1n) is 10.3. The lowest BCUT2D eigenvalue weighted by atomic mass is 9.72. The van der Waals surface area contributed by atoms with Crippen LogP contribution in [0.2, 0.25) is 0 Å². The minimum atomic E-state index is -1.06. The Hall–Kier alpha value is -3.58. The summed E-state index contributed by atoms with van der Waals surface area (Å²) in [5.74, 6) is -1.18. The molecular formula is C25H23NO6. The van der Waals surface area contributed by atoms with E-state index in [1.165, 1.54) is 12.1 Å². The Bertz CT molecular complexity index is 1680. The van der Waals surface area contributed by atoms with Crippen molar-refractivity contribution in [3.05, 3.63) is 54.5 Å². The predicted octanol–water partition coefficient (Wildman–Crippen LogP) is 2.47. The van der Waals surface area contributed by atoms with E-state index in [0.717, 1.165) is 0 Å². The van der Waals surface area contributed by atoms with Crippen LogP contribution in [0.3, 0.4) is 0 Å². The fourth-order valence-corrected chi connectivity index (χ4v) is 5.27. The molecule has 1 aliphatic carbocycles. The van der Waals surface area contributed by atoms with E-state index in [0.29, 0.717) is 27.3 Å². The Morgan fingerprint density at radius 2 is 1.50 bits per heavy atom. The fourth-order valence-electron chi connectivity index (χ4n) is 5.27. The van der Waals surface area contributed by atoms with Gasteiger partial charge in [0.1, 0.15) is 23.0 Å². The Morgan fingerprint density at radius 1 is 0.844 bits per heavy atom. The third kappa shape index (κ3) is 2.18. The first kappa shape index (κ1) is 20.3. The second kappa shape index (κ2) is 6.01. The number of aliphatic hydroxyl groups is 1. The van der Waals surface area contributed by atoms with E-state index in [9.17, 15) is 30.0 Å². The van der Waals surface area contributed by atoms with Gasteiger partial charge >= 0.3 is 0 Å². The van der Waals surface area contributed by atoms with Crippen molar-refractivity contribution in [1.82, 2.24) is 4.90 Å². The van der Waals surface area contributed by atoms with Crippen molar-refractivity contribution in [3.8, 4) is 17.2 Å². The average molecular weight is 433 g/mol. The molecule has 0 aromatic heterocycles. The molecule has 0 saturated heterocycles. The number of benzene rings is 4. The van der Waals surface area contributed by atoms with Gasteiger partial charge in [0.15, 0.2) is 10.9 Å². The molecule has 7 nitrogen and oxygen atoms in total. The van der Waals surface area contributed by atoms with E-state index >= 15 is 0 Å². The Balaban J connectivity index is 2.31. The number of hydrogen-bond donors (Lipinski definition) is 4. The Labute approximate surface area is 182 Å². The normalized spacial score (nSPS) is 15.1. The van der Waals surface area contributed by atoms with Crippen LogP contribution < -0.4 is 16.1 Å². The van der Waals surface area contributed by atoms with Crippen LogP contribution >= 0.6 is 0 Å². The Kier molecular flexibility index (Phi) is 3.82. The molecule has 32 heavy (non-hydrogen) atoms. The lowest BCUT2D eigenvalue weighted by Gasteiger charge is -2.32. The quantitative estimate of drug-likeness (QED) is 0.283. The van der Waals surface area contributed by atoms with Crippen molar-refractivity contribution in [1.29, 1.82) is 0 Å². The van der Waals surface area contributed by atoms with Crippen LogP contribution in [0.5, 0.6) is 17.2 Å². The molecule has 0 amide bonds. The maximum Gasteiger partial charge on any atom is 0.198 e. The average Bonchev–Trinajstić information content (AvgIpc) is 2.68. The van der Waals surface area contributed by atoms with E-state index in [4.69, 9.17) is 0 Å². The molecule has 5 rings (SSSR count). The topological polar surface area (TPSA) is 118 Å². The van der Waals surface area contributed by atoms with Gasteiger partial charge in [-0.1, -0.05) is 0 Å². The molecule has 0 bridgehead atoms. The number of hydrogen-bond acceptors (Lipinski definition) is 7. The molecule has 4 N–H and O–H groups in total. The second-order valence-electron chi connectivity index (χ2n) is 9.48. The summed E-state index contributed by atoms with van der Waals surface area (Å²) in [5.41, 5.74) is -0.985. The van der Waals surface area contributed by atoms with Gasteiger partial charge in [0.05, 0.1) is 21.6 Å². The van der Waals surface area contributed by atoms with Crippen molar-refractivity contribution in [3.63, 3.8) is 0 Å². The number of rotatable bonds is 2. The fraction of sp³-hybridized carbons (Fsp3) is 0.280. The minimum absolute atomic E-state index is 0.00490. The van der Waals surface area contributed by atoms with Gasteiger partial charge in [-0.2, -0.15) is 0 Å². The SMILES string of the molecule is Cc1cc(=O)c2c(O)c3c(O)c(CN(C)C)c(=O)c4c3c3c(cc(O)c1c23)C(C)(C)C=4O. The van der Waals surface area contributed by atoms with Gasteiger partial charge in [-0.3, -0.25) is 9.59 Å². The van der Waals surface area contributed by atoms with Crippen molar-refractivity contribution >= 4 is 38.1 Å². The molecule has 164 valence electrons. The molecule has 0 spiro atoms. The summed E-state index contributed by atoms with van der Waals surface area (Å²) < 4.78 is 0. The lowest BCUT2D eigenvalue weighted by Crippen LogP contribution is -2.40. The highest BCUT2D eigenvalue weighted by Gasteiger charge is 2.38. The largest absolute Gasteiger partial charge is 0.511 e. The standard InChI is InChI=1S/C25H23NO6/c1-9-6-12(27)16-17-14(9)13(28)7-11-15(17)18-19(23(16)31)21(29)10(8-26(4)5)22(30)20(18)24(32)25(11,2)3/h6-7,28-29,31-32H,8H2,1-5H3. The van der Waals surface area contributed by atoms with Crippen LogP contribution in [0.4, 0.5) is 0 Å². The molecule has 4 aromatic rings. The molecule has 0 unspecified atom stereocenters. The van der Waals surface area contributed by atoms with E-state index in [-0.39, 0.29) is 45.0 Å². The van der Waals surface area contributed by atoms with Gasteiger partial charge in [-0.05, 0) is 63.5 Å². The number of aromatic hydroxyl groups is 3. The number of phenolic OH excluding ortho intramolecular Hbond substituents is 3. The number of phenols is 3. The highest BCUT2D eigenvalue weighted by atomic mass is 16.3. The van der Waals surface area contributed by atoms with E-state index in [1.54, 1.807) is 39.8 Å². The number of aliphatic hydroxyl groups excluding tert-OH is 1. The molecule has 0 aliphatic heterocycles. The molecule has 0 radical (unpaired) electrons. The highest BCUT2D eigenvalue weighted by molar-refractivity contribution is 6.29. The molecule has 0 saturated carbocycles. The summed E-state index contributed by atoms with van der Waals surface area (Å²) in [6.45, 7) is 5.22. The first-order chi connectivity index (χ1) is 14.9. The minimum Gasteiger partial charge on any atom is -0.511 e. The van der Waals surface area contributed by atoms with Crippen molar-refractivity contribution in [2.45, 2.75) is 32.7 Å². The lowest BCUT2D eigenvalue weighted by molar-refractivity contribution is 0.384. The summed E-state index contributed by atoms with van der Waals surface area (Å²) >= 11 is 0. The highest BCUT2D eigenvalue weighted by Crippen LogP contribution is 2.51. The van der Waals surface area contributed by atoms with Crippen molar-refractivity contribution in [2.75, 3.05) is 14.1 Å². The molecule has 7 heteroatoms. The summed E-state index contributed by atoms with van der Waals surface area (Å²) in [6, 6.07) is 2.86. The molecule has 0 heterocycles. The van der Waals surface area contributed by atoms with E-state index in [1.807, 2.05) is 0 Å². The second-order valence-corrected chi connectivity index (χ2v) is 9.48. The van der Waals surface area contributed by atoms with Crippen molar-refractivity contribution < 1.29 is 20.4 Å². The Morgan fingerprint density at radius 3 is 2.12 bits per heavy atom. The van der Waals surface area contributed by atoms with Gasteiger partial charge in [-0.25, -0.2) is 0 Å². The number of aryl methyl sites for hydroxylation is 1. The van der Waals surface area contributed by atoms with E-state index in [2.05, 4.69) is 0 Å². The number of nitrogens with zero attached hydrogens (tertiary/aromatic N) is 1. The zero-order valence-electron chi connectivity index (χ0n) is 18.4. The maximum atomic E-state index is 13.5. The predicted molar refractivity (Wildman–Crippen MR) is 124 cm³/mol. The van der Waals surface area contributed by atoms with Crippen LogP contribution in [0.25, 0.3) is 38.1 Å². The maximum absolute atomic E-state index is 13.5. The third-order valence-corrected chi connectivity index (χ3v) is 6.77. The first-order valence-corrected chi connectivity index (χ1v) is 10.3. The van der Waals surface area contributed by atoms with Gasteiger partial charge in [0.2, 0.25) is 0 Å². The molecule has 1 aliphatic rings. The van der Waals surface area contributed by atoms with Gasteiger partial charge in [0, 0.05) is 28.1 Å². The molecular weight excluding hydrogens is 410 g/mol. The summed E-state index contributed by atoms with van der Waals surface area (Å²) in [5, 5.41) is 45.8. The van der Waals surface area contributed by atoms with E-state index < -0.39 is 27.8 Å².